The fourth-order valence-electron chi connectivity index (χ4n) is 2.53. The fourth-order valence-corrected chi connectivity index (χ4v) is 4.90. The first-order chi connectivity index (χ1) is 13.0. The Kier molecular flexibility index (Phi) is 7.29. The Morgan fingerprint density at radius 1 is 1.29 bits per heavy atom. The molecule has 158 valence electrons. The molecule has 1 aromatic rings. The van der Waals surface area contributed by atoms with Crippen LogP contribution in [0.3, 0.4) is 0 Å². The minimum absolute atomic E-state index is 0.235. The van der Waals surface area contributed by atoms with E-state index in [0.29, 0.717) is 36.3 Å². The molecule has 1 aliphatic rings. The lowest BCUT2D eigenvalue weighted by Gasteiger charge is -2.36. The van der Waals surface area contributed by atoms with E-state index >= 15 is 0 Å². The third-order valence-corrected chi connectivity index (χ3v) is 7.33. The number of nitrogens with zero attached hydrogens (tertiary/aromatic N) is 4. The first kappa shape index (κ1) is 22.4. The van der Waals surface area contributed by atoms with Crippen molar-refractivity contribution >= 4 is 33.4 Å². The van der Waals surface area contributed by atoms with E-state index in [0.717, 1.165) is 0 Å². The van der Waals surface area contributed by atoms with Crippen molar-refractivity contribution in [1.29, 1.82) is 0 Å². The lowest BCUT2D eigenvalue weighted by molar-refractivity contribution is 0.0186. The van der Waals surface area contributed by atoms with E-state index in [1.54, 1.807) is 22.4 Å². The fraction of sp³-hybridized carbons (Fsp3) is 0.647. The Balaban J connectivity index is 1.81. The van der Waals surface area contributed by atoms with Crippen LogP contribution >= 0.6 is 11.3 Å². The Hall–Kier alpha value is -1.85. The van der Waals surface area contributed by atoms with Crippen molar-refractivity contribution in [2.75, 3.05) is 46.3 Å². The zero-order valence-corrected chi connectivity index (χ0v) is 18.4. The van der Waals surface area contributed by atoms with E-state index in [1.807, 2.05) is 25.7 Å². The van der Waals surface area contributed by atoms with E-state index in [1.165, 1.54) is 22.7 Å². The smallest absolute Gasteiger partial charge is 0.410 e. The van der Waals surface area contributed by atoms with Crippen LogP contribution in [0.2, 0.25) is 0 Å². The summed E-state index contributed by atoms with van der Waals surface area (Å²) in [6, 6.07) is 3.29. The Labute approximate surface area is 170 Å². The average molecular weight is 432 g/mol. The van der Waals surface area contributed by atoms with Gasteiger partial charge in [0.2, 0.25) is 0 Å². The van der Waals surface area contributed by atoms with Crippen LogP contribution < -0.4 is 5.73 Å². The van der Waals surface area contributed by atoms with Gasteiger partial charge in [-0.25, -0.2) is 13.2 Å². The van der Waals surface area contributed by atoms with Gasteiger partial charge in [-0.3, -0.25) is 4.99 Å². The number of amides is 1. The predicted molar refractivity (Wildman–Crippen MR) is 110 cm³/mol. The summed E-state index contributed by atoms with van der Waals surface area (Å²) in [5, 5.41) is 1.73. The maximum atomic E-state index is 12.4. The van der Waals surface area contributed by atoms with Crippen molar-refractivity contribution in [3.63, 3.8) is 0 Å². The SMILES string of the molecule is CN(CCN=C(N)N1CCN(C(=O)OC(C)(C)C)CC1)S(=O)(=O)c1cccs1. The highest BCUT2D eigenvalue weighted by molar-refractivity contribution is 7.91. The van der Waals surface area contributed by atoms with Gasteiger partial charge in [0.25, 0.3) is 10.0 Å². The van der Waals surface area contributed by atoms with Gasteiger partial charge in [-0.2, -0.15) is 4.31 Å². The molecular formula is C17H29N5O4S2. The largest absolute Gasteiger partial charge is 0.444 e. The normalized spacial score (nSPS) is 16.5. The van der Waals surface area contributed by atoms with Crippen molar-refractivity contribution in [3.8, 4) is 0 Å². The Bertz CT molecular complexity index is 779. The van der Waals surface area contributed by atoms with Crippen molar-refractivity contribution in [1.82, 2.24) is 14.1 Å². The number of guanidine groups is 1. The van der Waals surface area contributed by atoms with E-state index in [9.17, 15) is 13.2 Å². The number of carbonyl (C=O) groups is 1. The summed E-state index contributed by atoms with van der Waals surface area (Å²) in [5.41, 5.74) is 5.51. The average Bonchev–Trinajstić information content (AvgIpc) is 3.15. The molecule has 1 fully saturated rings. The molecule has 0 atom stereocenters. The van der Waals surface area contributed by atoms with Crippen molar-refractivity contribution in [3.05, 3.63) is 17.5 Å². The molecule has 0 aliphatic carbocycles. The maximum absolute atomic E-state index is 12.4. The number of thiophene rings is 1. The molecule has 1 saturated heterocycles. The van der Waals surface area contributed by atoms with Gasteiger partial charge in [0.15, 0.2) is 5.96 Å². The molecule has 0 radical (unpaired) electrons. The van der Waals surface area contributed by atoms with Gasteiger partial charge in [0.1, 0.15) is 9.81 Å². The van der Waals surface area contributed by atoms with E-state index < -0.39 is 15.6 Å². The zero-order chi connectivity index (χ0) is 20.9. The second-order valence-corrected chi connectivity index (χ2v) is 10.7. The third-order valence-electron chi connectivity index (χ3n) is 4.10. The van der Waals surface area contributed by atoms with Gasteiger partial charge in [-0.05, 0) is 32.2 Å². The molecule has 11 heteroatoms. The van der Waals surface area contributed by atoms with E-state index in [2.05, 4.69) is 4.99 Å². The van der Waals surface area contributed by atoms with Gasteiger partial charge in [-0.15, -0.1) is 11.3 Å². The van der Waals surface area contributed by atoms with Gasteiger partial charge in [0, 0.05) is 39.8 Å². The summed E-state index contributed by atoms with van der Waals surface area (Å²) in [7, 11) is -1.95. The second kappa shape index (κ2) is 9.10. The standard InChI is InChI=1S/C17H29N5O4S2/c1-17(2,3)26-16(23)22-11-9-21(10-12-22)15(18)19-7-8-20(4)28(24,25)14-6-5-13-27-14/h5-6,13H,7-12H2,1-4H3,(H2,18,19). The molecule has 0 unspecified atom stereocenters. The first-order valence-corrected chi connectivity index (χ1v) is 11.4. The van der Waals surface area contributed by atoms with Gasteiger partial charge < -0.3 is 20.3 Å². The third kappa shape index (κ3) is 6.08. The number of hydrogen-bond donors (Lipinski definition) is 1. The molecule has 9 nitrogen and oxygen atoms in total. The monoisotopic (exact) mass is 431 g/mol. The highest BCUT2D eigenvalue weighted by Gasteiger charge is 2.26. The molecule has 28 heavy (non-hydrogen) atoms. The topological polar surface area (TPSA) is 109 Å². The molecule has 2 N–H and O–H groups in total. The van der Waals surface area contributed by atoms with Crippen molar-refractivity contribution in [2.24, 2.45) is 10.7 Å². The number of rotatable bonds is 5. The van der Waals surface area contributed by atoms with Crippen LogP contribution in [-0.4, -0.2) is 86.5 Å². The summed E-state index contributed by atoms with van der Waals surface area (Å²) in [5.74, 6) is 0.353. The first-order valence-electron chi connectivity index (χ1n) is 9.03. The summed E-state index contributed by atoms with van der Waals surface area (Å²) < 4.78 is 31.7. The van der Waals surface area contributed by atoms with E-state index in [4.69, 9.17) is 10.5 Å². The van der Waals surface area contributed by atoms with Crippen LogP contribution in [0.1, 0.15) is 20.8 Å². The summed E-state index contributed by atoms with van der Waals surface area (Å²) in [6.07, 6.45) is -0.330. The number of ether oxygens (including phenoxy) is 1. The van der Waals surface area contributed by atoms with Crippen LogP contribution in [-0.2, 0) is 14.8 Å². The number of sulfonamides is 1. The molecule has 2 rings (SSSR count). The van der Waals surface area contributed by atoms with Crippen LogP contribution in [0, 0.1) is 0 Å². The lowest BCUT2D eigenvalue weighted by Crippen LogP contribution is -2.53. The molecule has 0 spiro atoms. The molecular weight excluding hydrogens is 402 g/mol. The highest BCUT2D eigenvalue weighted by Crippen LogP contribution is 2.19. The Morgan fingerprint density at radius 3 is 2.43 bits per heavy atom. The zero-order valence-electron chi connectivity index (χ0n) is 16.8. The number of nitrogens with two attached hydrogens (primary N) is 1. The minimum Gasteiger partial charge on any atom is -0.444 e. The predicted octanol–water partition coefficient (Wildman–Crippen LogP) is 1.24. The molecule has 0 aromatic carbocycles. The molecule has 1 aromatic heterocycles. The number of likely N-dealkylation sites (N-methyl/N-ethyl adjacent to an activating group) is 1. The number of hydrogen-bond acceptors (Lipinski definition) is 6. The second-order valence-electron chi connectivity index (χ2n) is 7.45. The van der Waals surface area contributed by atoms with Crippen molar-refractivity contribution in [2.45, 2.75) is 30.6 Å². The summed E-state index contributed by atoms with van der Waals surface area (Å²) in [6.45, 7) is 8.10. The number of carbonyl (C=O) groups excluding carboxylic acids is 1. The lowest BCUT2D eigenvalue weighted by atomic mass is 10.2. The highest BCUT2D eigenvalue weighted by atomic mass is 32.2. The van der Waals surface area contributed by atoms with Crippen LogP contribution in [0.5, 0.6) is 0 Å². The minimum atomic E-state index is -3.48. The molecule has 0 bridgehead atoms. The van der Waals surface area contributed by atoms with Crippen LogP contribution in [0.25, 0.3) is 0 Å². The quantitative estimate of drug-likeness (QED) is 0.555. The van der Waals surface area contributed by atoms with E-state index in [-0.39, 0.29) is 19.2 Å². The number of piperazine rings is 1. The molecule has 1 aliphatic heterocycles. The molecule has 0 saturated carbocycles. The van der Waals surface area contributed by atoms with Gasteiger partial charge >= 0.3 is 6.09 Å². The molecule has 1 amide bonds. The maximum Gasteiger partial charge on any atom is 0.410 e. The summed E-state index contributed by atoms with van der Waals surface area (Å²) in [4.78, 5) is 19.9. The Morgan fingerprint density at radius 2 is 1.89 bits per heavy atom. The molecule has 2 heterocycles. The van der Waals surface area contributed by atoms with Crippen LogP contribution in [0.4, 0.5) is 4.79 Å². The van der Waals surface area contributed by atoms with Gasteiger partial charge in [0.05, 0.1) is 6.54 Å². The van der Waals surface area contributed by atoms with Crippen molar-refractivity contribution < 1.29 is 17.9 Å². The van der Waals surface area contributed by atoms with Crippen LogP contribution in [0.15, 0.2) is 26.7 Å². The summed E-state index contributed by atoms with van der Waals surface area (Å²) >= 11 is 1.19. The number of aliphatic imine (C=N–C) groups is 1. The van der Waals surface area contributed by atoms with Gasteiger partial charge in [-0.1, -0.05) is 6.07 Å².